The number of rotatable bonds is 6. The van der Waals surface area contributed by atoms with Crippen LogP contribution in [0.3, 0.4) is 0 Å². The van der Waals surface area contributed by atoms with Crippen LogP contribution in [0.2, 0.25) is 0 Å². The van der Waals surface area contributed by atoms with Gasteiger partial charge in [-0.2, -0.15) is 0 Å². The van der Waals surface area contributed by atoms with Gasteiger partial charge >= 0.3 is 6.03 Å². The number of aryl methyl sites for hydroxylation is 1. The zero-order chi connectivity index (χ0) is 21.5. The molecule has 1 unspecified atom stereocenters. The largest absolute Gasteiger partial charge is 0.371 e. The minimum atomic E-state index is -0.335. The van der Waals surface area contributed by atoms with E-state index in [9.17, 15) is 9.59 Å². The van der Waals surface area contributed by atoms with Gasteiger partial charge in [0.05, 0.1) is 5.56 Å². The van der Waals surface area contributed by atoms with E-state index < -0.39 is 0 Å². The molecule has 160 valence electrons. The molecular weight excluding hydrogens is 376 g/mol. The molecule has 1 aliphatic rings. The van der Waals surface area contributed by atoms with Gasteiger partial charge in [0.1, 0.15) is 0 Å². The Kier molecular flexibility index (Phi) is 7.33. The summed E-state index contributed by atoms with van der Waals surface area (Å²) in [4.78, 5) is 27.7. The number of piperidine rings is 1. The number of nitrogens with zero attached hydrogens (tertiary/aromatic N) is 1. The van der Waals surface area contributed by atoms with Crippen LogP contribution in [-0.4, -0.2) is 31.1 Å². The summed E-state index contributed by atoms with van der Waals surface area (Å²) >= 11 is 0. The first-order valence-corrected chi connectivity index (χ1v) is 10.8. The molecule has 6 nitrogen and oxygen atoms in total. The number of carbonyl (C=O) groups excluding carboxylic acids is 2. The highest BCUT2D eigenvalue weighted by molar-refractivity contribution is 6.04. The summed E-state index contributed by atoms with van der Waals surface area (Å²) in [7, 11) is 0. The van der Waals surface area contributed by atoms with Crippen molar-refractivity contribution in [2.24, 2.45) is 0 Å². The third-order valence-electron chi connectivity index (χ3n) is 5.50. The summed E-state index contributed by atoms with van der Waals surface area (Å²) in [6.07, 6.45) is 4.35. The number of benzene rings is 2. The van der Waals surface area contributed by atoms with E-state index >= 15 is 0 Å². The van der Waals surface area contributed by atoms with E-state index in [1.54, 1.807) is 6.07 Å². The van der Waals surface area contributed by atoms with Crippen molar-refractivity contribution in [3.8, 4) is 0 Å². The van der Waals surface area contributed by atoms with Gasteiger partial charge in [-0.25, -0.2) is 4.79 Å². The van der Waals surface area contributed by atoms with Crippen molar-refractivity contribution in [3.05, 3.63) is 53.6 Å². The first kappa shape index (κ1) is 21.7. The Hall–Kier alpha value is -3.02. The number of nitrogens with one attached hydrogen (secondary N) is 3. The molecule has 1 aliphatic heterocycles. The Balaban J connectivity index is 1.79. The van der Waals surface area contributed by atoms with E-state index in [0.717, 1.165) is 49.3 Å². The van der Waals surface area contributed by atoms with Gasteiger partial charge in [0.2, 0.25) is 0 Å². The summed E-state index contributed by atoms with van der Waals surface area (Å²) in [6, 6.07) is 12.9. The van der Waals surface area contributed by atoms with Crippen LogP contribution >= 0.6 is 0 Å². The zero-order valence-electron chi connectivity index (χ0n) is 18.1. The molecule has 1 heterocycles. The number of hydrogen-bond acceptors (Lipinski definition) is 3. The first-order chi connectivity index (χ1) is 14.5. The van der Waals surface area contributed by atoms with E-state index in [1.807, 2.05) is 57.2 Å². The maximum atomic E-state index is 13.0. The van der Waals surface area contributed by atoms with Gasteiger partial charge in [0.25, 0.3) is 5.91 Å². The summed E-state index contributed by atoms with van der Waals surface area (Å²) in [5.41, 5.74) is 3.98. The van der Waals surface area contributed by atoms with Gasteiger partial charge < -0.3 is 20.9 Å². The molecule has 0 aromatic heterocycles. The predicted molar refractivity (Wildman–Crippen MR) is 124 cm³/mol. The van der Waals surface area contributed by atoms with Gasteiger partial charge in [0, 0.05) is 36.2 Å². The van der Waals surface area contributed by atoms with Crippen LogP contribution in [0.15, 0.2) is 42.5 Å². The molecular formula is C24H32N4O2. The molecule has 0 spiro atoms. The summed E-state index contributed by atoms with van der Waals surface area (Å²) in [6.45, 7) is 7.94. The third kappa shape index (κ3) is 5.75. The van der Waals surface area contributed by atoms with Crippen LogP contribution in [-0.2, 0) is 0 Å². The van der Waals surface area contributed by atoms with Crippen molar-refractivity contribution in [2.45, 2.75) is 52.5 Å². The predicted octanol–water partition coefficient (Wildman–Crippen LogP) is 5.16. The lowest BCUT2D eigenvalue weighted by Crippen LogP contribution is -2.35. The Morgan fingerprint density at radius 3 is 2.27 bits per heavy atom. The summed E-state index contributed by atoms with van der Waals surface area (Å²) < 4.78 is 0. The monoisotopic (exact) mass is 408 g/mol. The lowest BCUT2D eigenvalue weighted by Gasteiger charge is -2.31. The average molecular weight is 409 g/mol. The number of anilines is 3. The molecule has 0 bridgehead atoms. The highest BCUT2D eigenvalue weighted by Crippen LogP contribution is 2.27. The number of carbonyl (C=O) groups is 2. The van der Waals surface area contributed by atoms with Crippen LogP contribution in [0.5, 0.6) is 0 Å². The quantitative estimate of drug-likeness (QED) is 0.618. The van der Waals surface area contributed by atoms with Gasteiger partial charge in [-0.3, -0.25) is 4.79 Å². The Bertz CT molecular complexity index is 873. The lowest BCUT2D eigenvalue weighted by molar-refractivity contribution is 0.0939. The van der Waals surface area contributed by atoms with Crippen LogP contribution in [0.1, 0.15) is 55.5 Å². The molecule has 1 saturated heterocycles. The molecule has 0 radical (unpaired) electrons. The fourth-order valence-corrected chi connectivity index (χ4v) is 3.54. The fraction of sp³-hybridized carbons (Fsp3) is 0.417. The van der Waals surface area contributed by atoms with Crippen molar-refractivity contribution < 1.29 is 9.59 Å². The highest BCUT2D eigenvalue weighted by Gasteiger charge is 2.20. The maximum absolute atomic E-state index is 13.0. The van der Waals surface area contributed by atoms with E-state index in [1.165, 1.54) is 6.42 Å². The van der Waals surface area contributed by atoms with E-state index in [2.05, 4.69) is 20.9 Å². The topological polar surface area (TPSA) is 73.5 Å². The van der Waals surface area contributed by atoms with Crippen molar-refractivity contribution >= 4 is 29.0 Å². The molecule has 0 saturated carbocycles. The minimum absolute atomic E-state index is 0.0909. The zero-order valence-corrected chi connectivity index (χ0v) is 18.1. The fourth-order valence-electron chi connectivity index (χ4n) is 3.54. The third-order valence-corrected chi connectivity index (χ3v) is 5.50. The lowest BCUT2D eigenvalue weighted by atomic mass is 10.1. The van der Waals surface area contributed by atoms with E-state index in [0.29, 0.717) is 11.3 Å². The molecule has 3 amide bonds. The second-order valence-corrected chi connectivity index (χ2v) is 8.01. The highest BCUT2D eigenvalue weighted by atomic mass is 16.2. The smallest absolute Gasteiger partial charge is 0.323 e. The minimum Gasteiger partial charge on any atom is -0.371 e. The van der Waals surface area contributed by atoms with Gasteiger partial charge in [-0.05, 0) is 69.9 Å². The molecule has 2 aromatic rings. The normalized spacial score (nSPS) is 14.7. The molecule has 30 heavy (non-hydrogen) atoms. The number of amides is 3. The molecule has 1 atom stereocenters. The Morgan fingerprint density at radius 2 is 1.60 bits per heavy atom. The second-order valence-electron chi connectivity index (χ2n) is 8.01. The van der Waals surface area contributed by atoms with Crippen molar-refractivity contribution in [1.29, 1.82) is 0 Å². The van der Waals surface area contributed by atoms with Gasteiger partial charge in [0.15, 0.2) is 0 Å². The Morgan fingerprint density at radius 1 is 0.967 bits per heavy atom. The van der Waals surface area contributed by atoms with Crippen LogP contribution in [0.25, 0.3) is 0 Å². The van der Waals surface area contributed by atoms with E-state index in [-0.39, 0.29) is 18.0 Å². The van der Waals surface area contributed by atoms with Gasteiger partial charge in [-0.15, -0.1) is 0 Å². The van der Waals surface area contributed by atoms with Crippen molar-refractivity contribution in [3.63, 3.8) is 0 Å². The standard InChI is InChI=1S/C24H32N4O2/c1-4-18(3)25-23(29)21-16-20(12-13-22(21)28-14-6-5-7-15-28)27-24(30)26-19-10-8-17(2)9-11-19/h8-13,16,18H,4-7,14-15H2,1-3H3,(H,25,29)(H2,26,27,30). The van der Waals surface area contributed by atoms with E-state index in [4.69, 9.17) is 0 Å². The van der Waals surface area contributed by atoms with Crippen LogP contribution in [0, 0.1) is 6.92 Å². The molecule has 1 fully saturated rings. The number of urea groups is 1. The summed E-state index contributed by atoms with van der Waals surface area (Å²) in [5, 5.41) is 8.73. The Labute approximate surface area is 179 Å². The maximum Gasteiger partial charge on any atom is 0.323 e. The SMILES string of the molecule is CCC(C)NC(=O)c1cc(NC(=O)Nc2ccc(C)cc2)ccc1N1CCCCC1. The van der Waals surface area contributed by atoms with Crippen molar-refractivity contribution in [2.75, 3.05) is 28.6 Å². The molecule has 6 heteroatoms. The molecule has 3 rings (SSSR count). The summed E-state index contributed by atoms with van der Waals surface area (Å²) in [5.74, 6) is -0.104. The first-order valence-electron chi connectivity index (χ1n) is 10.8. The second kappa shape index (κ2) is 10.1. The van der Waals surface area contributed by atoms with Crippen molar-refractivity contribution in [1.82, 2.24) is 5.32 Å². The van der Waals surface area contributed by atoms with Crippen LogP contribution in [0.4, 0.5) is 21.9 Å². The average Bonchev–Trinajstić information content (AvgIpc) is 2.75. The van der Waals surface area contributed by atoms with Crippen LogP contribution < -0.4 is 20.9 Å². The van der Waals surface area contributed by atoms with Gasteiger partial charge in [-0.1, -0.05) is 24.6 Å². The molecule has 3 N–H and O–H groups in total. The molecule has 2 aromatic carbocycles. The molecule has 0 aliphatic carbocycles. The number of hydrogen-bond donors (Lipinski definition) is 3.